The first-order valence-electron chi connectivity index (χ1n) is 12.1. The van der Waals surface area contributed by atoms with Gasteiger partial charge in [0.15, 0.2) is 0 Å². The monoisotopic (exact) mass is 516 g/mol. The molecule has 1 aliphatic heterocycles. The molecular weight excluding hydrogens is 483 g/mol. The maximum atomic E-state index is 13.3. The van der Waals surface area contributed by atoms with E-state index in [0.29, 0.717) is 10.0 Å². The van der Waals surface area contributed by atoms with Crippen LogP contribution in [0.5, 0.6) is 5.75 Å². The van der Waals surface area contributed by atoms with Crippen LogP contribution >= 0.6 is 23.2 Å². The number of carbonyl (C=O) groups is 1. The number of amides is 1. The highest BCUT2D eigenvalue weighted by Crippen LogP contribution is 2.54. The van der Waals surface area contributed by atoms with Gasteiger partial charge in [-0.05, 0) is 67.6 Å². The fourth-order valence-electron chi connectivity index (χ4n) is 6.19. The van der Waals surface area contributed by atoms with Crippen molar-refractivity contribution in [3.63, 3.8) is 0 Å². The largest absolute Gasteiger partial charge is 0.508 e. The second-order valence-corrected chi connectivity index (χ2v) is 10.7. The summed E-state index contributed by atoms with van der Waals surface area (Å²) in [5.74, 6) is 0.301. The number of ether oxygens (including phenoxy) is 1. The van der Waals surface area contributed by atoms with E-state index < -0.39 is 5.60 Å². The van der Waals surface area contributed by atoms with Crippen LogP contribution in [0.25, 0.3) is 0 Å². The number of methoxy groups -OCH3 is 1. The summed E-state index contributed by atoms with van der Waals surface area (Å²) < 4.78 is 6.38. The first-order chi connectivity index (χ1) is 16.7. The summed E-state index contributed by atoms with van der Waals surface area (Å²) in [4.78, 5) is 17.6. The Bertz CT molecular complexity index is 1090. The highest BCUT2D eigenvalue weighted by Gasteiger charge is 2.59. The standard InChI is InChI=1S/C28H34Cl2N2O3/c1-4-13-32-14-12-27(21-6-5-7-23(33)17-21)18-22(10-11-28(27,19-32)35-3)31(2)26(34)16-20-8-9-24(29)25(30)15-20/h4-9,15,17,22,33H,1,10-14,16,18-19H2,2-3H3/t22-,27+,28+/m1/s1. The van der Waals surface area contributed by atoms with Gasteiger partial charge in [-0.1, -0.05) is 47.5 Å². The Morgan fingerprint density at radius 2 is 2.06 bits per heavy atom. The Balaban J connectivity index is 1.63. The number of likely N-dealkylation sites (tertiary alicyclic amines) is 1. The molecule has 4 rings (SSSR count). The van der Waals surface area contributed by atoms with Gasteiger partial charge in [0.2, 0.25) is 5.91 Å². The van der Waals surface area contributed by atoms with Gasteiger partial charge in [0.1, 0.15) is 5.75 Å². The molecule has 1 saturated heterocycles. The van der Waals surface area contributed by atoms with Crippen LogP contribution in [0.15, 0.2) is 55.1 Å². The van der Waals surface area contributed by atoms with Crippen LogP contribution in [0, 0.1) is 0 Å². The number of likely N-dealkylation sites (N-methyl/N-ethyl adjacent to an activating group) is 1. The molecule has 3 atom stereocenters. The summed E-state index contributed by atoms with van der Waals surface area (Å²) in [7, 11) is 3.70. The zero-order chi connectivity index (χ0) is 25.2. The molecule has 2 aliphatic rings. The number of phenolic OH excluding ortho intramolecular Hbond substituents is 1. The van der Waals surface area contributed by atoms with E-state index in [-0.39, 0.29) is 29.5 Å². The zero-order valence-corrected chi connectivity index (χ0v) is 22.0. The molecule has 1 saturated carbocycles. The number of hydrogen-bond donors (Lipinski definition) is 1. The first-order valence-corrected chi connectivity index (χ1v) is 12.9. The van der Waals surface area contributed by atoms with Gasteiger partial charge in [0, 0.05) is 38.7 Å². The van der Waals surface area contributed by atoms with Gasteiger partial charge >= 0.3 is 0 Å². The van der Waals surface area contributed by atoms with Crippen molar-refractivity contribution in [1.82, 2.24) is 9.80 Å². The van der Waals surface area contributed by atoms with Crippen molar-refractivity contribution in [3.05, 3.63) is 76.3 Å². The van der Waals surface area contributed by atoms with E-state index >= 15 is 0 Å². The van der Waals surface area contributed by atoms with Crippen LogP contribution < -0.4 is 0 Å². The van der Waals surface area contributed by atoms with Crippen LogP contribution in [0.1, 0.15) is 36.8 Å². The Labute approximate surface area is 218 Å². The van der Waals surface area contributed by atoms with Crippen molar-refractivity contribution in [1.29, 1.82) is 0 Å². The van der Waals surface area contributed by atoms with Crippen molar-refractivity contribution in [2.75, 3.05) is 33.8 Å². The third kappa shape index (κ3) is 4.97. The molecule has 0 bridgehead atoms. The molecule has 1 amide bonds. The lowest BCUT2D eigenvalue weighted by Gasteiger charge is -2.60. The van der Waals surface area contributed by atoms with Crippen molar-refractivity contribution < 1.29 is 14.6 Å². The third-order valence-corrected chi connectivity index (χ3v) is 8.87. The average molecular weight is 517 g/mol. The SMILES string of the molecule is C=CCN1CC[C@@]2(c3cccc(O)c3)C[C@H](N(C)C(=O)Cc3ccc(Cl)c(Cl)c3)CC[C@]2(OC)C1. The number of piperidine rings is 1. The van der Waals surface area contributed by atoms with E-state index in [2.05, 4.69) is 17.5 Å². The lowest BCUT2D eigenvalue weighted by Crippen LogP contribution is -2.68. The predicted molar refractivity (Wildman–Crippen MR) is 141 cm³/mol. The lowest BCUT2D eigenvalue weighted by atomic mass is 9.55. The summed E-state index contributed by atoms with van der Waals surface area (Å²) in [5.41, 5.74) is 1.19. The molecule has 1 heterocycles. The molecule has 2 fully saturated rings. The van der Waals surface area contributed by atoms with Crippen molar-refractivity contribution in [2.45, 2.75) is 49.2 Å². The second kappa shape index (κ2) is 10.5. The van der Waals surface area contributed by atoms with Crippen LogP contribution in [-0.2, 0) is 21.4 Å². The second-order valence-electron chi connectivity index (χ2n) is 9.93. The van der Waals surface area contributed by atoms with Gasteiger partial charge in [0.25, 0.3) is 0 Å². The molecule has 1 N–H and O–H groups in total. The number of halogens is 2. The summed E-state index contributed by atoms with van der Waals surface area (Å²) >= 11 is 12.2. The fourth-order valence-corrected chi connectivity index (χ4v) is 6.51. The maximum absolute atomic E-state index is 13.3. The van der Waals surface area contributed by atoms with E-state index in [4.69, 9.17) is 27.9 Å². The molecule has 35 heavy (non-hydrogen) atoms. The number of aromatic hydroxyl groups is 1. The highest BCUT2D eigenvalue weighted by atomic mass is 35.5. The van der Waals surface area contributed by atoms with Crippen molar-refractivity contribution in [3.8, 4) is 5.75 Å². The highest BCUT2D eigenvalue weighted by molar-refractivity contribution is 6.42. The number of phenols is 1. The van der Waals surface area contributed by atoms with E-state index in [1.54, 1.807) is 25.3 Å². The van der Waals surface area contributed by atoms with Gasteiger partial charge in [-0.2, -0.15) is 0 Å². The van der Waals surface area contributed by atoms with Gasteiger partial charge in [0.05, 0.1) is 22.1 Å². The molecular formula is C28H34Cl2N2O3. The summed E-state index contributed by atoms with van der Waals surface area (Å²) in [5, 5.41) is 11.3. The first kappa shape index (κ1) is 26.0. The molecule has 188 valence electrons. The number of benzene rings is 2. The quantitative estimate of drug-likeness (QED) is 0.496. The minimum absolute atomic E-state index is 0.0495. The number of carbonyl (C=O) groups excluding carboxylic acids is 1. The van der Waals surface area contributed by atoms with Crippen LogP contribution in [0.3, 0.4) is 0 Å². The Morgan fingerprint density at radius 1 is 1.26 bits per heavy atom. The number of nitrogens with zero attached hydrogens (tertiary/aromatic N) is 2. The van der Waals surface area contributed by atoms with Crippen molar-refractivity contribution >= 4 is 29.1 Å². The molecule has 7 heteroatoms. The summed E-state index contributed by atoms with van der Waals surface area (Å²) in [6.07, 6.45) is 5.53. The van der Waals surface area contributed by atoms with Gasteiger partial charge in [-0.3, -0.25) is 9.69 Å². The normalized spacial score (nSPS) is 26.7. The Morgan fingerprint density at radius 3 is 2.74 bits per heavy atom. The summed E-state index contributed by atoms with van der Waals surface area (Å²) in [6.45, 7) is 6.42. The zero-order valence-electron chi connectivity index (χ0n) is 20.5. The van der Waals surface area contributed by atoms with Gasteiger partial charge in [-0.25, -0.2) is 0 Å². The topological polar surface area (TPSA) is 53.0 Å². The number of hydrogen-bond acceptors (Lipinski definition) is 4. The maximum Gasteiger partial charge on any atom is 0.226 e. The fraction of sp³-hybridized carbons (Fsp3) is 0.464. The average Bonchev–Trinajstić information content (AvgIpc) is 2.85. The Kier molecular flexibility index (Phi) is 7.82. The lowest BCUT2D eigenvalue weighted by molar-refractivity contribution is -0.159. The number of fused-ring (bicyclic) bond motifs is 1. The van der Waals surface area contributed by atoms with E-state index in [0.717, 1.165) is 56.4 Å². The molecule has 5 nitrogen and oxygen atoms in total. The summed E-state index contributed by atoms with van der Waals surface area (Å²) in [6, 6.07) is 13.0. The number of rotatable bonds is 7. The molecule has 0 spiro atoms. The molecule has 0 unspecified atom stereocenters. The predicted octanol–water partition coefficient (Wildman–Crippen LogP) is 5.47. The van der Waals surface area contributed by atoms with Crippen molar-refractivity contribution in [2.24, 2.45) is 0 Å². The van der Waals surface area contributed by atoms with E-state index in [1.807, 2.05) is 36.2 Å². The van der Waals surface area contributed by atoms with Crippen LogP contribution in [0.4, 0.5) is 0 Å². The van der Waals surface area contributed by atoms with Crippen LogP contribution in [-0.4, -0.2) is 66.2 Å². The van der Waals surface area contributed by atoms with Gasteiger partial charge < -0.3 is 14.7 Å². The molecule has 0 radical (unpaired) electrons. The minimum Gasteiger partial charge on any atom is -0.508 e. The van der Waals surface area contributed by atoms with Crippen LogP contribution in [0.2, 0.25) is 10.0 Å². The minimum atomic E-state index is -0.411. The molecule has 0 aromatic heterocycles. The molecule has 1 aliphatic carbocycles. The molecule has 2 aromatic carbocycles. The smallest absolute Gasteiger partial charge is 0.226 e. The molecule has 2 aromatic rings. The van der Waals surface area contributed by atoms with E-state index in [9.17, 15) is 9.90 Å². The Hall–Kier alpha value is -2.05. The third-order valence-electron chi connectivity index (χ3n) is 8.13. The van der Waals surface area contributed by atoms with E-state index in [1.165, 1.54) is 0 Å². The van der Waals surface area contributed by atoms with Gasteiger partial charge in [-0.15, -0.1) is 6.58 Å².